The number of nitrogens with zero attached hydrogens (tertiary/aromatic N) is 1. The van der Waals surface area contributed by atoms with Crippen molar-refractivity contribution in [2.24, 2.45) is 5.92 Å². The standard InChI is InChI=1S/C27H28F5N3O/c1-16(13-18-5-12-24(34-15-18)27(30,31)32)25(20-8-11-22(29)23(14-20)36-4)35-26(17(2)33-3)19-6-9-21(28)10-7-19/h5-12,14-16,25-26,33,35H,2,13H2,1,3-4H3/t16?,25-,26?/m1/s1. The van der Waals surface area contributed by atoms with Gasteiger partial charge in [-0.15, -0.1) is 0 Å². The van der Waals surface area contributed by atoms with Crippen LogP contribution < -0.4 is 15.4 Å². The first-order valence-corrected chi connectivity index (χ1v) is 11.3. The van der Waals surface area contributed by atoms with Crippen LogP contribution in [0, 0.1) is 17.6 Å². The van der Waals surface area contributed by atoms with Crippen LogP contribution in [0.5, 0.6) is 5.75 Å². The molecule has 1 aromatic heterocycles. The number of likely N-dealkylation sites (N-methyl/N-ethyl adjacent to an activating group) is 1. The molecule has 3 aromatic rings. The molecule has 0 bridgehead atoms. The highest BCUT2D eigenvalue weighted by Gasteiger charge is 2.32. The van der Waals surface area contributed by atoms with Crippen LogP contribution in [-0.4, -0.2) is 19.1 Å². The molecule has 0 fully saturated rings. The van der Waals surface area contributed by atoms with E-state index in [1.165, 1.54) is 37.6 Å². The Kier molecular flexibility index (Phi) is 8.68. The van der Waals surface area contributed by atoms with Gasteiger partial charge < -0.3 is 10.1 Å². The van der Waals surface area contributed by atoms with Gasteiger partial charge in [-0.3, -0.25) is 10.3 Å². The predicted molar refractivity (Wildman–Crippen MR) is 128 cm³/mol. The van der Waals surface area contributed by atoms with E-state index in [1.807, 2.05) is 6.92 Å². The first kappa shape index (κ1) is 27.1. The fourth-order valence-corrected chi connectivity index (χ4v) is 4.04. The molecule has 0 aliphatic carbocycles. The summed E-state index contributed by atoms with van der Waals surface area (Å²) in [7, 11) is 3.08. The minimum Gasteiger partial charge on any atom is -0.494 e. The first-order chi connectivity index (χ1) is 17.0. The van der Waals surface area contributed by atoms with Gasteiger partial charge in [-0.05, 0) is 59.4 Å². The highest BCUT2D eigenvalue weighted by molar-refractivity contribution is 5.34. The van der Waals surface area contributed by atoms with Crippen LogP contribution >= 0.6 is 0 Å². The van der Waals surface area contributed by atoms with E-state index in [-0.39, 0.29) is 17.5 Å². The molecule has 0 amide bonds. The quantitative estimate of drug-likeness (QED) is 0.314. The summed E-state index contributed by atoms with van der Waals surface area (Å²) in [6, 6.07) is 12.0. The van der Waals surface area contributed by atoms with Gasteiger partial charge >= 0.3 is 6.18 Å². The van der Waals surface area contributed by atoms with Crippen LogP contribution in [0.1, 0.15) is 41.4 Å². The van der Waals surface area contributed by atoms with Crippen LogP contribution in [0.4, 0.5) is 22.0 Å². The number of ether oxygens (including phenoxy) is 1. The normalized spacial score (nSPS) is 14.1. The molecule has 0 saturated heterocycles. The topological polar surface area (TPSA) is 46.2 Å². The number of rotatable bonds is 10. The Balaban J connectivity index is 1.97. The highest BCUT2D eigenvalue weighted by Crippen LogP contribution is 2.33. The van der Waals surface area contributed by atoms with E-state index in [1.54, 1.807) is 31.3 Å². The van der Waals surface area contributed by atoms with Gasteiger partial charge in [0.2, 0.25) is 0 Å². The Bertz CT molecular complexity index is 1160. The summed E-state index contributed by atoms with van der Waals surface area (Å²) >= 11 is 0. The number of nitrogens with one attached hydrogen (secondary N) is 2. The van der Waals surface area contributed by atoms with Crippen molar-refractivity contribution in [1.82, 2.24) is 15.6 Å². The van der Waals surface area contributed by atoms with Gasteiger partial charge in [-0.2, -0.15) is 13.2 Å². The first-order valence-electron chi connectivity index (χ1n) is 11.3. The van der Waals surface area contributed by atoms with E-state index in [4.69, 9.17) is 4.74 Å². The maximum Gasteiger partial charge on any atom is 0.433 e. The monoisotopic (exact) mass is 505 g/mol. The molecule has 9 heteroatoms. The van der Waals surface area contributed by atoms with Gasteiger partial charge in [-0.1, -0.05) is 37.8 Å². The van der Waals surface area contributed by atoms with Crippen molar-refractivity contribution >= 4 is 0 Å². The Morgan fingerprint density at radius 2 is 1.69 bits per heavy atom. The van der Waals surface area contributed by atoms with Crippen LogP contribution in [0.2, 0.25) is 0 Å². The molecule has 36 heavy (non-hydrogen) atoms. The predicted octanol–water partition coefficient (Wildman–Crippen LogP) is 6.37. The number of aromatic nitrogens is 1. The minimum atomic E-state index is -4.52. The van der Waals surface area contributed by atoms with E-state index >= 15 is 0 Å². The molecule has 192 valence electrons. The van der Waals surface area contributed by atoms with Crippen LogP contribution in [0.3, 0.4) is 0 Å². The number of alkyl halides is 3. The van der Waals surface area contributed by atoms with Gasteiger partial charge in [0.15, 0.2) is 11.6 Å². The fraction of sp³-hybridized carbons (Fsp3) is 0.296. The van der Waals surface area contributed by atoms with Gasteiger partial charge in [-0.25, -0.2) is 8.78 Å². The SMILES string of the molecule is C=C(NC)C(N[C@@H](c1ccc(F)c(OC)c1)C(C)Cc1ccc(C(F)(F)F)nc1)c1ccc(F)cc1. The molecule has 0 saturated carbocycles. The van der Waals surface area contributed by atoms with Gasteiger partial charge in [0, 0.05) is 25.0 Å². The molecular formula is C27H28F5N3O. The van der Waals surface area contributed by atoms with Crippen LogP contribution in [0.25, 0.3) is 0 Å². The van der Waals surface area contributed by atoms with Crippen molar-refractivity contribution in [1.29, 1.82) is 0 Å². The molecule has 3 atom stereocenters. The van der Waals surface area contributed by atoms with E-state index in [0.717, 1.165) is 11.6 Å². The number of benzene rings is 2. The Morgan fingerprint density at radius 3 is 2.25 bits per heavy atom. The van der Waals surface area contributed by atoms with Crippen molar-refractivity contribution in [2.75, 3.05) is 14.2 Å². The summed E-state index contributed by atoms with van der Waals surface area (Å²) in [5.74, 6) is -1.02. The third kappa shape index (κ3) is 6.60. The third-order valence-electron chi connectivity index (χ3n) is 6.00. The summed E-state index contributed by atoms with van der Waals surface area (Å²) in [6.45, 7) is 6.00. The van der Waals surface area contributed by atoms with Crippen molar-refractivity contribution in [3.05, 3.63) is 107 Å². The van der Waals surface area contributed by atoms with E-state index in [0.29, 0.717) is 23.2 Å². The van der Waals surface area contributed by atoms with Gasteiger partial charge in [0.25, 0.3) is 0 Å². The largest absolute Gasteiger partial charge is 0.494 e. The number of pyridine rings is 1. The van der Waals surface area contributed by atoms with Crippen molar-refractivity contribution in [3.8, 4) is 5.75 Å². The average molecular weight is 506 g/mol. The minimum absolute atomic E-state index is 0.0634. The zero-order valence-electron chi connectivity index (χ0n) is 20.2. The fourth-order valence-electron chi connectivity index (χ4n) is 4.04. The number of hydrogen-bond donors (Lipinski definition) is 2. The lowest BCUT2D eigenvalue weighted by Gasteiger charge is -2.32. The van der Waals surface area contributed by atoms with Crippen molar-refractivity contribution < 1.29 is 26.7 Å². The van der Waals surface area contributed by atoms with Crippen molar-refractivity contribution in [2.45, 2.75) is 31.6 Å². The van der Waals surface area contributed by atoms with Gasteiger partial charge in [0.1, 0.15) is 11.5 Å². The van der Waals surface area contributed by atoms with Crippen LogP contribution in [-0.2, 0) is 12.6 Å². The lowest BCUT2D eigenvalue weighted by Crippen LogP contribution is -2.35. The average Bonchev–Trinajstić information content (AvgIpc) is 2.85. The second-order valence-corrected chi connectivity index (χ2v) is 8.53. The van der Waals surface area contributed by atoms with Gasteiger partial charge in [0.05, 0.1) is 13.2 Å². The number of hydrogen-bond acceptors (Lipinski definition) is 4. The van der Waals surface area contributed by atoms with Crippen LogP contribution in [0.15, 0.2) is 73.1 Å². The molecule has 0 spiro atoms. The summed E-state index contributed by atoms with van der Waals surface area (Å²) in [4.78, 5) is 3.56. The van der Waals surface area contributed by atoms with E-state index in [2.05, 4.69) is 22.2 Å². The Morgan fingerprint density at radius 1 is 1.03 bits per heavy atom. The highest BCUT2D eigenvalue weighted by atomic mass is 19.4. The molecule has 2 aromatic carbocycles. The lowest BCUT2D eigenvalue weighted by atomic mass is 9.88. The third-order valence-corrected chi connectivity index (χ3v) is 6.00. The number of halogens is 5. The Labute approximate surface area is 207 Å². The zero-order valence-corrected chi connectivity index (χ0v) is 20.2. The maximum atomic E-state index is 14.2. The molecule has 4 nitrogen and oxygen atoms in total. The second kappa shape index (κ2) is 11.5. The lowest BCUT2D eigenvalue weighted by molar-refractivity contribution is -0.141. The molecule has 2 unspecified atom stereocenters. The molecule has 1 heterocycles. The molecule has 2 N–H and O–H groups in total. The summed E-state index contributed by atoms with van der Waals surface area (Å²) in [6.07, 6.45) is -2.93. The van der Waals surface area contributed by atoms with E-state index in [9.17, 15) is 22.0 Å². The molecule has 0 aliphatic rings. The van der Waals surface area contributed by atoms with Crippen molar-refractivity contribution in [3.63, 3.8) is 0 Å². The summed E-state index contributed by atoms with van der Waals surface area (Å²) < 4.78 is 71.7. The second-order valence-electron chi connectivity index (χ2n) is 8.53. The molecule has 3 rings (SSSR count). The zero-order chi connectivity index (χ0) is 26.5. The Hall–Kier alpha value is -3.46. The molecule has 0 radical (unpaired) electrons. The smallest absolute Gasteiger partial charge is 0.433 e. The number of methoxy groups -OCH3 is 1. The summed E-state index contributed by atoms with van der Waals surface area (Å²) in [5.41, 5.74) is 1.72. The molecular weight excluding hydrogens is 477 g/mol. The summed E-state index contributed by atoms with van der Waals surface area (Å²) in [5, 5.41) is 6.54. The molecule has 0 aliphatic heterocycles. The maximum absolute atomic E-state index is 14.2. The van der Waals surface area contributed by atoms with E-state index < -0.39 is 29.8 Å².